The third-order valence-electron chi connectivity index (χ3n) is 3.69. The summed E-state index contributed by atoms with van der Waals surface area (Å²) < 4.78 is 5.59. The van der Waals surface area contributed by atoms with Gasteiger partial charge in [0.25, 0.3) is 0 Å². The van der Waals surface area contributed by atoms with Crippen molar-refractivity contribution in [1.29, 1.82) is 0 Å². The third-order valence-corrected chi connectivity index (χ3v) is 3.69. The van der Waals surface area contributed by atoms with E-state index in [0.29, 0.717) is 12.5 Å². The van der Waals surface area contributed by atoms with Crippen LogP contribution in [0.3, 0.4) is 0 Å². The number of aliphatic imine (C=N–C) groups is 1. The Morgan fingerprint density at radius 1 is 1.21 bits per heavy atom. The van der Waals surface area contributed by atoms with Crippen molar-refractivity contribution >= 4 is 17.0 Å². The fraction of sp³-hybridized carbons (Fsp3) is 0.556. The predicted molar refractivity (Wildman–Crippen MR) is 99.4 cm³/mol. The van der Waals surface area contributed by atoms with Gasteiger partial charge in [0.2, 0.25) is 0 Å². The number of rotatable bonds is 9. The maximum Gasteiger partial charge on any atom is 0.191 e. The first-order valence-corrected chi connectivity index (χ1v) is 8.65. The van der Waals surface area contributed by atoms with E-state index in [2.05, 4.69) is 39.4 Å². The molecular weight excluding hydrogens is 302 g/mol. The summed E-state index contributed by atoms with van der Waals surface area (Å²) in [4.78, 5) is 12.1. The van der Waals surface area contributed by atoms with Crippen LogP contribution < -0.4 is 10.6 Å². The van der Waals surface area contributed by atoms with Crippen LogP contribution in [0.5, 0.6) is 0 Å². The minimum Gasteiger partial charge on any atom is -0.380 e. The molecule has 6 nitrogen and oxygen atoms in total. The summed E-state index contributed by atoms with van der Waals surface area (Å²) in [5.74, 6) is 2.46. The van der Waals surface area contributed by atoms with Gasteiger partial charge in [0.1, 0.15) is 5.82 Å². The van der Waals surface area contributed by atoms with Crippen LogP contribution >= 0.6 is 0 Å². The molecule has 0 aliphatic heterocycles. The van der Waals surface area contributed by atoms with E-state index in [0.717, 1.165) is 55.4 Å². The highest BCUT2D eigenvalue weighted by atomic mass is 16.5. The van der Waals surface area contributed by atoms with Crippen molar-refractivity contribution in [2.45, 2.75) is 26.7 Å². The van der Waals surface area contributed by atoms with Crippen LogP contribution in [0.2, 0.25) is 0 Å². The second kappa shape index (κ2) is 9.93. The lowest BCUT2D eigenvalue weighted by Gasteiger charge is -2.12. The van der Waals surface area contributed by atoms with Crippen LogP contribution in [0, 0.1) is 5.92 Å². The molecular formula is C18H29N5O. The summed E-state index contributed by atoms with van der Waals surface area (Å²) in [6.45, 7) is 7.44. The highest BCUT2D eigenvalue weighted by Crippen LogP contribution is 2.10. The molecule has 6 heteroatoms. The molecule has 0 saturated heterocycles. The van der Waals surface area contributed by atoms with E-state index in [1.807, 2.05) is 24.3 Å². The minimum absolute atomic E-state index is 0.686. The van der Waals surface area contributed by atoms with Gasteiger partial charge in [0.15, 0.2) is 5.96 Å². The number of aromatic nitrogens is 2. The van der Waals surface area contributed by atoms with Gasteiger partial charge in [-0.05, 0) is 24.5 Å². The number of nitrogens with zero attached hydrogens (tertiary/aromatic N) is 2. The van der Waals surface area contributed by atoms with Crippen LogP contribution in [0.15, 0.2) is 29.3 Å². The summed E-state index contributed by atoms with van der Waals surface area (Å²) >= 11 is 0. The van der Waals surface area contributed by atoms with E-state index in [1.54, 1.807) is 7.05 Å². The summed E-state index contributed by atoms with van der Waals surface area (Å²) in [5.41, 5.74) is 2.09. The number of H-pyrrole nitrogens is 1. The highest BCUT2D eigenvalue weighted by molar-refractivity contribution is 5.79. The van der Waals surface area contributed by atoms with Gasteiger partial charge in [0.05, 0.1) is 17.6 Å². The van der Waals surface area contributed by atoms with Gasteiger partial charge in [-0.15, -0.1) is 0 Å². The Labute approximate surface area is 144 Å². The Morgan fingerprint density at radius 2 is 2.00 bits per heavy atom. The van der Waals surface area contributed by atoms with Crippen LogP contribution in [-0.2, 0) is 11.2 Å². The van der Waals surface area contributed by atoms with Crippen molar-refractivity contribution in [1.82, 2.24) is 20.6 Å². The van der Waals surface area contributed by atoms with E-state index in [1.165, 1.54) is 0 Å². The topological polar surface area (TPSA) is 74.3 Å². The number of nitrogens with one attached hydrogen (secondary N) is 3. The standard InChI is InChI=1S/C18H29N5O/c1-14(2)9-12-24-13-11-21-18(19-3)20-10-8-17-22-15-6-4-5-7-16(15)23-17/h4-7,14H,8-13H2,1-3H3,(H,22,23)(H2,19,20,21). The number of fused-ring (bicyclic) bond motifs is 1. The average molecular weight is 331 g/mol. The smallest absolute Gasteiger partial charge is 0.191 e. The molecule has 0 amide bonds. The number of hydrogen-bond donors (Lipinski definition) is 3. The number of guanidine groups is 1. The zero-order valence-electron chi connectivity index (χ0n) is 14.9. The number of ether oxygens (including phenoxy) is 1. The second-order valence-electron chi connectivity index (χ2n) is 6.17. The zero-order valence-corrected chi connectivity index (χ0v) is 14.9. The molecule has 0 saturated carbocycles. The molecule has 132 valence electrons. The molecule has 0 spiro atoms. The maximum absolute atomic E-state index is 5.59. The van der Waals surface area contributed by atoms with E-state index in [-0.39, 0.29) is 0 Å². The van der Waals surface area contributed by atoms with Crippen LogP contribution in [0.25, 0.3) is 11.0 Å². The molecule has 0 fully saturated rings. The van der Waals surface area contributed by atoms with E-state index < -0.39 is 0 Å². The molecule has 0 unspecified atom stereocenters. The lowest BCUT2D eigenvalue weighted by Crippen LogP contribution is -2.39. The molecule has 0 bridgehead atoms. The number of benzene rings is 1. The summed E-state index contributed by atoms with van der Waals surface area (Å²) in [7, 11) is 1.77. The average Bonchev–Trinajstić information content (AvgIpc) is 2.98. The summed E-state index contributed by atoms with van der Waals surface area (Å²) in [6.07, 6.45) is 1.92. The summed E-state index contributed by atoms with van der Waals surface area (Å²) in [5, 5.41) is 6.55. The van der Waals surface area contributed by atoms with Gasteiger partial charge in [-0.2, -0.15) is 0 Å². The van der Waals surface area contributed by atoms with E-state index >= 15 is 0 Å². The highest BCUT2D eigenvalue weighted by Gasteiger charge is 2.03. The third kappa shape index (κ3) is 6.20. The summed E-state index contributed by atoms with van der Waals surface area (Å²) in [6, 6.07) is 8.07. The van der Waals surface area contributed by atoms with Crippen molar-refractivity contribution in [3.63, 3.8) is 0 Å². The van der Waals surface area contributed by atoms with Crippen molar-refractivity contribution in [3.05, 3.63) is 30.1 Å². The number of imidazole rings is 1. The van der Waals surface area contributed by atoms with Crippen molar-refractivity contribution in [2.75, 3.05) is 33.4 Å². The van der Waals surface area contributed by atoms with Gasteiger partial charge < -0.3 is 20.4 Å². The monoisotopic (exact) mass is 331 g/mol. The Kier molecular flexibility index (Phi) is 7.55. The van der Waals surface area contributed by atoms with Crippen LogP contribution in [0.4, 0.5) is 0 Å². The molecule has 1 heterocycles. The molecule has 2 aromatic rings. The number of para-hydroxylation sites is 2. The fourth-order valence-corrected chi connectivity index (χ4v) is 2.31. The van der Waals surface area contributed by atoms with Crippen molar-refractivity contribution in [2.24, 2.45) is 10.9 Å². The Balaban J connectivity index is 1.63. The quantitative estimate of drug-likeness (QED) is 0.374. The largest absolute Gasteiger partial charge is 0.380 e. The van der Waals surface area contributed by atoms with Crippen LogP contribution in [0.1, 0.15) is 26.1 Å². The minimum atomic E-state index is 0.686. The van der Waals surface area contributed by atoms with Crippen molar-refractivity contribution in [3.8, 4) is 0 Å². The Morgan fingerprint density at radius 3 is 2.75 bits per heavy atom. The normalized spacial score (nSPS) is 12.1. The van der Waals surface area contributed by atoms with Gasteiger partial charge >= 0.3 is 0 Å². The van der Waals surface area contributed by atoms with Gasteiger partial charge in [-0.3, -0.25) is 4.99 Å². The first-order valence-electron chi connectivity index (χ1n) is 8.65. The van der Waals surface area contributed by atoms with Gasteiger partial charge in [-0.25, -0.2) is 4.98 Å². The molecule has 0 aliphatic rings. The van der Waals surface area contributed by atoms with E-state index in [9.17, 15) is 0 Å². The van der Waals surface area contributed by atoms with Crippen molar-refractivity contribution < 1.29 is 4.74 Å². The Bertz CT molecular complexity index is 602. The number of hydrogen-bond acceptors (Lipinski definition) is 3. The first kappa shape index (κ1) is 18.3. The first-order chi connectivity index (χ1) is 11.7. The maximum atomic E-state index is 5.59. The molecule has 2 rings (SSSR count). The van der Waals surface area contributed by atoms with Gasteiger partial charge in [0, 0.05) is 33.2 Å². The Hall–Kier alpha value is -2.08. The van der Waals surface area contributed by atoms with Crippen LogP contribution in [-0.4, -0.2) is 49.3 Å². The predicted octanol–water partition coefficient (Wildman–Crippen LogP) is 2.33. The molecule has 3 N–H and O–H groups in total. The van der Waals surface area contributed by atoms with E-state index in [4.69, 9.17) is 4.74 Å². The van der Waals surface area contributed by atoms with Gasteiger partial charge in [-0.1, -0.05) is 26.0 Å². The lowest BCUT2D eigenvalue weighted by atomic mass is 10.1. The fourth-order valence-electron chi connectivity index (χ4n) is 2.31. The molecule has 0 radical (unpaired) electrons. The zero-order chi connectivity index (χ0) is 17.2. The molecule has 24 heavy (non-hydrogen) atoms. The molecule has 0 atom stereocenters. The second-order valence-corrected chi connectivity index (χ2v) is 6.17. The SMILES string of the molecule is CN=C(NCCOCCC(C)C)NCCc1nc2ccccc2[nH]1. The molecule has 1 aromatic heterocycles. The number of aromatic amines is 1. The molecule has 0 aliphatic carbocycles. The lowest BCUT2D eigenvalue weighted by molar-refractivity contribution is 0.128. The molecule has 1 aromatic carbocycles.